The molecule has 0 unspecified atom stereocenters. The van der Waals surface area contributed by atoms with Crippen LogP contribution in [-0.4, -0.2) is 23.8 Å². The minimum atomic E-state index is -0.811. The number of hydrogen-bond donors (Lipinski definition) is 3. The number of nitrogens with one attached hydrogen (secondary N) is 3. The van der Waals surface area contributed by atoms with E-state index in [1.165, 1.54) is 0 Å². The van der Waals surface area contributed by atoms with Crippen LogP contribution in [0, 0.1) is 5.92 Å². The number of benzene rings is 2. The van der Waals surface area contributed by atoms with Crippen LogP contribution in [0.15, 0.2) is 54.6 Å². The number of halogens is 1. The van der Waals surface area contributed by atoms with E-state index in [4.69, 9.17) is 11.6 Å². The zero-order valence-electron chi connectivity index (χ0n) is 14.5. The summed E-state index contributed by atoms with van der Waals surface area (Å²) in [6.45, 7) is 3.59. The SMILES string of the molecule is CC(C)[C@H](NC(=O)c1ccc(Cl)cc1)C(=O)NNC(=O)c1ccccc1. The van der Waals surface area contributed by atoms with Crippen LogP contribution in [0.5, 0.6) is 0 Å². The van der Waals surface area contributed by atoms with Crippen molar-refractivity contribution in [2.24, 2.45) is 5.92 Å². The van der Waals surface area contributed by atoms with Gasteiger partial charge in [0, 0.05) is 16.1 Å². The maximum Gasteiger partial charge on any atom is 0.269 e. The number of hydrazine groups is 1. The van der Waals surface area contributed by atoms with Gasteiger partial charge in [-0.3, -0.25) is 25.2 Å². The van der Waals surface area contributed by atoms with Gasteiger partial charge in [-0.25, -0.2) is 0 Å². The first-order valence-corrected chi connectivity index (χ1v) is 8.48. The molecule has 6 nitrogen and oxygen atoms in total. The van der Waals surface area contributed by atoms with Crippen LogP contribution < -0.4 is 16.2 Å². The lowest BCUT2D eigenvalue weighted by Gasteiger charge is -2.22. The second kappa shape index (κ2) is 9.01. The highest BCUT2D eigenvalue weighted by Crippen LogP contribution is 2.10. The second-order valence-electron chi connectivity index (χ2n) is 6.01. The molecular formula is C19H20ClN3O3. The fourth-order valence-electron chi connectivity index (χ4n) is 2.22. The normalized spacial score (nSPS) is 11.5. The molecule has 0 fully saturated rings. The fourth-order valence-corrected chi connectivity index (χ4v) is 2.34. The molecule has 0 radical (unpaired) electrons. The van der Waals surface area contributed by atoms with E-state index in [2.05, 4.69) is 16.2 Å². The van der Waals surface area contributed by atoms with Crippen molar-refractivity contribution in [3.63, 3.8) is 0 Å². The van der Waals surface area contributed by atoms with Crippen LogP contribution in [0.4, 0.5) is 0 Å². The Bertz CT molecular complexity index is 776. The van der Waals surface area contributed by atoms with Crippen LogP contribution in [0.1, 0.15) is 34.6 Å². The second-order valence-corrected chi connectivity index (χ2v) is 6.45. The number of hydrogen-bond acceptors (Lipinski definition) is 3. The zero-order chi connectivity index (χ0) is 19.1. The molecule has 2 aromatic carbocycles. The average Bonchev–Trinajstić information content (AvgIpc) is 2.64. The molecule has 136 valence electrons. The van der Waals surface area contributed by atoms with Crippen molar-refractivity contribution in [2.75, 3.05) is 0 Å². The van der Waals surface area contributed by atoms with Crippen molar-refractivity contribution >= 4 is 29.3 Å². The Morgan fingerprint density at radius 2 is 1.38 bits per heavy atom. The van der Waals surface area contributed by atoms with Crippen LogP contribution in [0.25, 0.3) is 0 Å². The third-order valence-electron chi connectivity index (χ3n) is 3.68. The molecule has 1 atom stereocenters. The Morgan fingerprint density at radius 3 is 1.96 bits per heavy atom. The van der Waals surface area contributed by atoms with Crippen molar-refractivity contribution < 1.29 is 14.4 Å². The van der Waals surface area contributed by atoms with Gasteiger partial charge in [0.15, 0.2) is 0 Å². The monoisotopic (exact) mass is 373 g/mol. The van der Waals surface area contributed by atoms with E-state index in [0.717, 1.165) is 0 Å². The van der Waals surface area contributed by atoms with Crippen LogP contribution in [0.3, 0.4) is 0 Å². The Balaban J connectivity index is 1.97. The average molecular weight is 374 g/mol. The maximum atomic E-state index is 12.4. The molecule has 0 saturated carbocycles. The summed E-state index contributed by atoms with van der Waals surface area (Å²) < 4.78 is 0. The lowest BCUT2D eigenvalue weighted by Crippen LogP contribution is -2.54. The van der Waals surface area contributed by atoms with E-state index in [1.807, 2.05) is 0 Å². The van der Waals surface area contributed by atoms with Crippen molar-refractivity contribution in [1.82, 2.24) is 16.2 Å². The van der Waals surface area contributed by atoms with E-state index in [1.54, 1.807) is 68.4 Å². The summed E-state index contributed by atoms with van der Waals surface area (Å²) in [6.07, 6.45) is 0. The number of carbonyl (C=O) groups excluding carboxylic acids is 3. The Labute approximate surface area is 156 Å². The highest BCUT2D eigenvalue weighted by molar-refractivity contribution is 6.30. The molecule has 3 N–H and O–H groups in total. The highest BCUT2D eigenvalue weighted by Gasteiger charge is 2.25. The molecule has 0 aromatic heterocycles. The minimum absolute atomic E-state index is 0.181. The molecule has 0 heterocycles. The number of carbonyl (C=O) groups is 3. The van der Waals surface area contributed by atoms with Crippen molar-refractivity contribution in [3.8, 4) is 0 Å². The van der Waals surface area contributed by atoms with Gasteiger partial charge >= 0.3 is 0 Å². The molecule has 0 saturated heterocycles. The summed E-state index contributed by atoms with van der Waals surface area (Å²) in [5.41, 5.74) is 5.51. The summed E-state index contributed by atoms with van der Waals surface area (Å²) in [5, 5.41) is 3.19. The predicted octanol–water partition coefficient (Wildman–Crippen LogP) is 2.56. The Hall–Kier alpha value is -2.86. The number of rotatable bonds is 5. The molecule has 0 spiro atoms. The smallest absolute Gasteiger partial charge is 0.269 e. The first-order chi connectivity index (χ1) is 12.4. The Morgan fingerprint density at radius 1 is 0.808 bits per heavy atom. The van der Waals surface area contributed by atoms with E-state index < -0.39 is 23.8 Å². The molecule has 0 aliphatic heterocycles. The molecule has 0 aliphatic carbocycles. The van der Waals surface area contributed by atoms with E-state index in [-0.39, 0.29) is 5.92 Å². The molecule has 26 heavy (non-hydrogen) atoms. The van der Waals surface area contributed by atoms with Crippen LogP contribution in [0.2, 0.25) is 5.02 Å². The summed E-state index contributed by atoms with van der Waals surface area (Å²) in [4.78, 5) is 36.7. The molecule has 3 amide bonds. The standard InChI is InChI=1S/C19H20ClN3O3/c1-12(2)16(21-17(24)14-8-10-15(20)11-9-14)19(26)23-22-18(25)13-6-4-3-5-7-13/h3-12,16H,1-2H3,(H,21,24)(H,22,25)(H,23,26)/t16-/m0/s1. The Kier molecular flexibility index (Phi) is 6.74. The molecular weight excluding hydrogens is 354 g/mol. The van der Waals surface area contributed by atoms with Gasteiger partial charge in [-0.1, -0.05) is 43.6 Å². The van der Waals surface area contributed by atoms with Gasteiger partial charge in [0.05, 0.1) is 0 Å². The summed E-state index contributed by atoms with van der Waals surface area (Å²) in [5.74, 6) is -1.53. The van der Waals surface area contributed by atoms with E-state index >= 15 is 0 Å². The van der Waals surface area contributed by atoms with Gasteiger partial charge < -0.3 is 5.32 Å². The third kappa shape index (κ3) is 5.32. The van der Waals surface area contributed by atoms with Gasteiger partial charge in [-0.15, -0.1) is 0 Å². The van der Waals surface area contributed by atoms with Gasteiger partial charge in [0.2, 0.25) is 0 Å². The van der Waals surface area contributed by atoms with Crippen molar-refractivity contribution in [3.05, 3.63) is 70.7 Å². The van der Waals surface area contributed by atoms with Crippen LogP contribution in [-0.2, 0) is 4.79 Å². The summed E-state index contributed by atoms with van der Waals surface area (Å²) in [6, 6.07) is 14.0. The molecule has 7 heteroatoms. The van der Waals surface area contributed by atoms with Gasteiger partial charge in [0.1, 0.15) is 6.04 Å². The first-order valence-electron chi connectivity index (χ1n) is 8.10. The fraction of sp³-hybridized carbons (Fsp3) is 0.211. The van der Waals surface area contributed by atoms with Crippen molar-refractivity contribution in [2.45, 2.75) is 19.9 Å². The van der Waals surface area contributed by atoms with E-state index in [9.17, 15) is 14.4 Å². The zero-order valence-corrected chi connectivity index (χ0v) is 15.2. The first kappa shape index (κ1) is 19.5. The highest BCUT2D eigenvalue weighted by atomic mass is 35.5. The van der Waals surface area contributed by atoms with Gasteiger partial charge in [-0.05, 0) is 42.3 Å². The minimum Gasteiger partial charge on any atom is -0.340 e. The van der Waals surface area contributed by atoms with Gasteiger partial charge in [-0.2, -0.15) is 0 Å². The van der Waals surface area contributed by atoms with Crippen molar-refractivity contribution in [1.29, 1.82) is 0 Å². The van der Waals surface area contributed by atoms with Gasteiger partial charge in [0.25, 0.3) is 17.7 Å². The van der Waals surface area contributed by atoms with E-state index in [0.29, 0.717) is 16.1 Å². The largest absolute Gasteiger partial charge is 0.340 e. The quantitative estimate of drug-likeness (QED) is 0.704. The molecule has 0 bridgehead atoms. The molecule has 2 rings (SSSR count). The lowest BCUT2D eigenvalue weighted by molar-refractivity contribution is -0.124. The predicted molar refractivity (Wildman–Crippen MR) is 99.6 cm³/mol. The molecule has 2 aromatic rings. The third-order valence-corrected chi connectivity index (χ3v) is 3.93. The molecule has 0 aliphatic rings. The maximum absolute atomic E-state index is 12.4. The topological polar surface area (TPSA) is 87.3 Å². The summed E-state index contributed by atoms with van der Waals surface area (Å²) in [7, 11) is 0. The van der Waals surface area contributed by atoms with Crippen LogP contribution >= 0.6 is 11.6 Å². The lowest BCUT2D eigenvalue weighted by atomic mass is 10.0. The number of amides is 3. The summed E-state index contributed by atoms with van der Waals surface area (Å²) >= 11 is 5.81.